The largest absolute Gasteiger partial charge is 0.405 e. The van der Waals surface area contributed by atoms with Crippen molar-refractivity contribution < 1.29 is 22.7 Å². The average Bonchev–Trinajstić information content (AvgIpc) is 2.46. The van der Waals surface area contributed by atoms with Crippen LogP contribution in [0.5, 0.6) is 0 Å². The van der Waals surface area contributed by atoms with Crippen LogP contribution >= 0.6 is 0 Å². The number of hydrogen-bond donors (Lipinski definition) is 2. The van der Waals surface area contributed by atoms with Gasteiger partial charge in [-0.1, -0.05) is 0 Å². The highest BCUT2D eigenvalue weighted by Crippen LogP contribution is 2.15. The normalized spacial score (nSPS) is 27.7. The van der Waals surface area contributed by atoms with Crippen LogP contribution in [0.3, 0.4) is 0 Å². The Bertz CT molecular complexity index is 219. The fourth-order valence-electron chi connectivity index (χ4n) is 1.16. The van der Waals surface area contributed by atoms with Crippen LogP contribution in [-0.2, 0) is 9.53 Å². The summed E-state index contributed by atoms with van der Waals surface area (Å²) in [5.74, 6) is -1.37. The van der Waals surface area contributed by atoms with Crippen molar-refractivity contribution in [1.29, 1.82) is 0 Å². The lowest BCUT2D eigenvalue weighted by Crippen LogP contribution is -2.44. The number of carbonyl (C=O) groups is 1. The quantitative estimate of drug-likeness (QED) is 0.657. The van der Waals surface area contributed by atoms with Gasteiger partial charge in [-0.2, -0.15) is 13.2 Å². The maximum atomic E-state index is 11.7. The summed E-state index contributed by atoms with van der Waals surface area (Å²) in [7, 11) is 0. The fraction of sp³-hybridized carbons (Fsp3) is 0.857. The van der Waals surface area contributed by atoms with E-state index in [1.807, 2.05) is 0 Å². The third-order valence-corrected chi connectivity index (χ3v) is 1.92. The first-order chi connectivity index (χ1) is 6.40. The number of hydrogen-bond acceptors (Lipinski definition) is 3. The maximum Gasteiger partial charge on any atom is 0.405 e. The van der Waals surface area contributed by atoms with Crippen molar-refractivity contribution in [2.24, 2.45) is 11.7 Å². The molecule has 2 unspecified atom stereocenters. The van der Waals surface area contributed by atoms with Gasteiger partial charge in [-0.25, -0.2) is 0 Å². The highest BCUT2D eigenvalue weighted by Gasteiger charge is 2.34. The summed E-state index contributed by atoms with van der Waals surface area (Å²) in [4.78, 5) is 11.1. The minimum atomic E-state index is -4.39. The molecular weight excluding hydrogens is 201 g/mol. The third-order valence-electron chi connectivity index (χ3n) is 1.92. The number of halogens is 3. The predicted octanol–water partition coefficient (Wildman–Crippen LogP) is -0.361. The van der Waals surface area contributed by atoms with Crippen LogP contribution in [0.15, 0.2) is 0 Å². The number of rotatable bonds is 2. The fourth-order valence-corrected chi connectivity index (χ4v) is 1.16. The van der Waals surface area contributed by atoms with Crippen molar-refractivity contribution in [1.82, 2.24) is 5.32 Å². The molecule has 0 aromatic carbocycles. The predicted molar refractivity (Wildman–Crippen MR) is 41.3 cm³/mol. The summed E-state index contributed by atoms with van der Waals surface area (Å²) in [6, 6.07) is -0.511. The molecule has 7 heteroatoms. The van der Waals surface area contributed by atoms with Gasteiger partial charge in [0, 0.05) is 6.04 Å². The van der Waals surface area contributed by atoms with E-state index in [0.29, 0.717) is 0 Å². The van der Waals surface area contributed by atoms with Crippen LogP contribution in [0.2, 0.25) is 0 Å². The molecule has 1 saturated heterocycles. The molecule has 0 spiro atoms. The van der Waals surface area contributed by atoms with E-state index < -0.39 is 30.6 Å². The summed E-state index contributed by atoms with van der Waals surface area (Å²) < 4.78 is 40.0. The van der Waals surface area contributed by atoms with Gasteiger partial charge in [-0.05, 0) is 0 Å². The Morgan fingerprint density at radius 2 is 2.14 bits per heavy atom. The molecule has 0 aliphatic carbocycles. The van der Waals surface area contributed by atoms with E-state index in [1.165, 1.54) is 0 Å². The number of ether oxygens (including phenoxy) is 1. The number of alkyl halides is 3. The van der Waals surface area contributed by atoms with Crippen molar-refractivity contribution in [3.8, 4) is 0 Å². The van der Waals surface area contributed by atoms with Gasteiger partial charge >= 0.3 is 6.18 Å². The SMILES string of the molecule is NC1COCC1C(=O)NCC(F)(F)F. The molecule has 4 nitrogen and oxygen atoms in total. The molecule has 82 valence electrons. The topological polar surface area (TPSA) is 64.3 Å². The Labute approximate surface area is 78.6 Å². The number of amides is 1. The van der Waals surface area contributed by atoms with Crippen molar-refractivity contribution in [3.63, 3.8) is 0 Å². The first kappa shape index (κ1) is 11.3. The molecule has 1 heterocycles. The van der Waals surface area contributed by atoms with E-state index in [2.05, 4.69) is 0 Å². The van der Waals surface area contributed by atoms with Crippen LogP contribution in [0.4, 0.5) is 13.2 Å². The maximum absolute atomic E-state index is 11.7. The highest BCUT2D eigenvalue weighted by atomic mass is 19.4. The highest BCUT2D eigenvalue weighted by molar-refractivity contribution is 5.79. The number of nitrogens with two attached hydrogens (primary N) is 1. The first-order valence-corrected chi connectivity index (χ1v) is 4.08. The minimum absolute atomic E-state index is 0.0882. The number of carbonyl (C=O) groups excluding carboxylic acids is 1. The summed E-state index contributed by atoms with van der Waals surface area (Å²) in [5.41, 5.74) is 5.45. The Kier molecular flexibility index (Phi) is 3.33. The molecule has 1 rings (SSSR count). The Hall–Kier alpha value is -0.820. The second-order valence-corrected chi connectivity index (χ2v) is 3.14. The van der Waals surface area contributed by atoms with Gasteiger partial charge in [0.25, 0.3) is 0 Å². The van der Waals surface area contributed by atoms with Crippen molar-refractivity contribution in [2.75, 3.05) is 19.8 Å². The van der Waals surface area contributed by atoms with E-state index >= 15 is 0 Å². The zero-order chi connectivity index (χ0) is 10.8. The Morgan fingerprint density at radius 3 is 2.57 bits per heavy atom. The zero-order valence-corrected chi connectivity index (χ0v) is 7.30. The molecule has 1 amide bonds. The monoisotopic (exact) mass is 212 g/mol. The van der Waals surface area contributed by atoms with Crippen molar-refractivity contribution in [3.05, 3.63) is 0 Å². The minimum Gasteiger partial charge on any atom is -0.379 e. The van der Waals surface area contributed by atoms with Gasteiger partial charge in [0.2, 0.25) is 5.91 Å². The smallest absolute Gasteiger partial charge is 0.379 e. The van der Waals surface area contributed by atoms with Gasteiger partial charge in [-0.3, -0.25) is 4.79 Å². The zero-order valence-electron chi connectivity index (χ0n) is 7.30. The van der Waals surface area contributed by atoms with E-state index in [0.717, 1.165) is 0 Å². The molecule has 0 saturated carbocycles. The van der Waals surface area contributed by atoms with E-state index in [9.17, 15) is 18.0 Å². The lowest BCUT2D eigenvalue weighted by molar-refractivity contribution is -0.140. The van der Waals surface area contributed by atoms with Crippen molar-refractivity contribution >= 4 is 5.91 Å². The molecule has 1 fully saturated rings. The average molecular weight is 212 g/mol. The molecule has 3 N–H and O–H groups in total. The van der Waals surface area contributed by atoms with Gasteiger partial charge in [0.05, 0.1) is 19.1 Å². The van der Waals surface area contributed by atoms with Crippen LogP contribution in [0.1, 0.15) is 0 Å². The molecule has 14 heavy (non-hydrogen) atoms. The summed E-state index contributed by atoms with van der Waals surface area (Å²) >= 11 is 0. The van der Waals surface area contributed by atoms with Crippen LogP contribution in [0, 0.1) is 5.92 Å². The van der Waals surface area contributed by atoms with Crippen LogP contribution in [-0.4, -0.2) is 37.9 Å². The molecular formula is C7H11F3N2O2. The molecule has 2 atom stereocenters. The van der Waals surface area contributed by atoms with Crippen molar-refractivity contribution in [2.45, 2.75) is 12.2 Å². The Morgan fingerprint density at radius 1 is 1.50 bits per heavy atom. The standard InChI is InChI=1S/C7H11F3N2O2/c8-7(9,10)3-12-6(13)4-1-14-2-5(4)11/h4-5H,1-3,11H2,(H,12,13). The lowest BCUT2D eigenvalue weighted by Gasteiger charge is -2.14. The Balaban J connectivity index is 2.35. The van der Waals surface area contributed by atoms with Crippen LogP contribution < -0.4 is 11.1 Å². The molecule has 0 bridgehead atoms. The number of nitrogens with one attached hydrogen (secondary N) is 1. The van der Waals surface area contributed by atoms with E-state index in [-0.39, 0.29) is 13.2 Å². The molecule has 1 aliphatic rings. The van der Waals surface area contributed by atoms with Gasteiger partial charge in [0.15, 0.2) is 0 Å². The second-order valence-electron chi connectivity index (χ2n) is 3.14. The van der Waals surface area contributed by atoms with E-state index in [4.69, 9.17) is 10.5 Å². The molecule has 0 aromatic heterocycles. The first-order valence-electron chi connectivity index (χ1n) is 4.08. The van der Waals surface area contributed by atoms with Crippen LogP contribution in [0.25, 0.3) is 0 Å². The summed E-state index contributed by atoms with van der Waals surface area (Å²) in [5, 5.41) is 1.77. The third kappa shape index (κ3) is 3.15. The van der Waals surface area contributed by atoms with Gasteiger partial charge in [-0.15, -0.1) is 0 Å². The van der Waals surface area contributed by atoms with Gasteiger partial charge < -0.3 is 15.8 Å². The van der Waals surface area contributed by atoms with E-state index in [1.54, 1.807) is 5.32 Å². The second kappa shape index (κ2) is 4.14. The lowest BCUT2D eigenvalue weighted by atomic mass is 10.0. The summed E-state index contributed by atoms with van der Waals surface area (Å²) in [6.07, 6.45) is -4.39. The molecule has 0 aromatic rings. The molecule has 0 radical (unpaired) electrons. The molecule has 1 aliphatic heterocycles. The summed E-state index contributed by atoms with van der Waals surface area (Å²) in [6.45, 7) is -1.02. The van der Waals surface area contributed by atoms with Gasteiger partial charge in [0.1, 0.15) is 6.54 Å².